The van der Waals surface area contributed by atoms with Gasteiger partial charge in [0.05, 0.1) is 11.7 Å². The third kappa shape index (κ3) is 3.16. The van der Waals surface area contributed by atoms with E-state index in [1.165, 1.54) is 31.9 Å². The Balaban J connectivity index is 1.58. The molecule has 3 aliphatic heterocycles. The van der Waals surface area contributed by atoms with Crippen LogP contribution in [0.2, 0.25) is 0 Å². The number of fused-ring (bicyclic) bond motifs is 4. The van der Waals surface area contributed by atoms with Crippen LogP contribution < -0.4 is 10.5 Å². The topological polar surface area (TPSA) is 131 Å². The van der Waals surface area contributed by atoms with Gasteiger partial charge in [-0.3, -0.25) is 38.7 Å². The van der Waals surface area contributed by atoms with Crippen LogP contribution in [0.4, 0.5) is 16.2 Å². The van der Waals surface area contributed by atoms with Crippen LogP contribution in [0.3, 0.4) is 0 Å². The summed E-state index contributed by atoms with van der Waals surface area (Å²) in [6, 6.07) is 4.46. The monoisotopic (exact) mass is 496 g/mol. The van der Waals surface area contributed by atoms with E-state index in [-0.39, 0.29) is 28.7 Å². The van der Waals surface area contributed by atoms with Crippen molar-refractivity contribution in [1.82, 2.24) is 19.4 Å². The standard InChI is InChI=1S/C23H24N6O5S/c1-26-18(31)14(17(30)25-21(26)35)11-24-13-6-7-15-12(9-13)10-23(16-5-4-8-29(15)16)19(32)27(2)22(34)28(3)20(23)33/h6-7,9,11,16,31H,4-5,8,10H2,1-3H3,(H,25,30,35)/t16-/m0/s1. The van der Waals surface area contributed by atoms with Crippen LogP contribution >= 0.6 is 12.2 Å². The highest BCUT2D eigenvalue weighted by Gasteiger charge is 2.63. The zero-order valence-electron chi connectivity index (χ0n) is 19.4. The van der Waals surface area contributed by atoms with Crippen LogP contribution in [-0.2, 0) is 23.1 Å². The number of urea groups is 1. The lowest BCUT2D eigenvalue weighted by atomic mass is 9.68. The third-order valence-corrected chi connectivity index (χ3v) is 7.66. The molecular weight excluding hydrogens is 472 g/mol. The number of anilines is 1. The van der Waals surface area contributed by atoms with Crippen molar-refractivity contribution in [3.8, 4) is 5.88 Å². The smallest absolute Gasteiger partial charge is 0.332 e. The van der Waals surface area contributed by atoms with E-state index in [1.807, 2.05) is 6.07 Å². The molecule has 4 amide bonds. The number of benzene rings is 1. The van der Waals surface area contributed by atoms with Gasteiger partial charge in [-0.15, -0.1) is 0 Å². The van der Waals surface area contributed by atoms with E-state index < -0.39 is 28.8 Å². The molecule has 12 heteroatoms. The number of hydrogen-bond acceptors (Lipinski definition) is 8. The number of aromatic nitrogens is 2. The number of aromatic hydroxyl groups is 1. The van der Waals surface area contributed by atoms with E-state index in [2.05, 4.69) is 14.9 Å². The summed E-state index contributed by atoms with van der Waals surface area (Å²) in [5.74, 6) is -1.29. The van der Waals surface area contributed by atoms with E-state index in [0.717, 1.165) is 27.5 Å². The Kier molecular flexibility index (Phi) is 5.16. The zero-order valence-corrected chi connectivity index (χ0v) is 20.3. The molecule has 4 heterocycles. The summed E-state index contributed by atoms with van der Waals surface area (Å²) in [6.07, 6.45) is 2.88. The van der Waals surface area contributed by atoms with Crippen molar-refractivity contribution in [1.29, 1.82) is 0 Å². The lowest BCUT2D eigenvalue weighted by Crippen LogP contribution is -2.70. The number of aromatic amines is 1. The van der Waals surface area contributed by atoms with E-state index >= 15 is 0 Å². The number of barbiturate groups is 1. The Bertz CT molecular complexity index is 1420. The van der Waals surface area contributed by atoms with Crippen LogP contribution in [-0.4, -0.2) is 75.2 Å². The average Bonchev–Trinajstić information content (AvgIpc) is 3.34. The minimum Gasteiger partial charge on any atom is -0.494 e. The van der Waals surface area contributed by atoms with Gasteiger partial charge in [-0.2, -0.15) is 0 Å². The summed E-state index contributed by atoms with van der Waals surface area (Å²) in [5.41, 5.74) is 0.136. The molecule has 0 unspecified atom stereocenters. The number of nitrogens with one attached hydrogen (secondary N) is 1. The highest BCUT2D eigenvalue weighted by molar-refractivity contribution is 7.71. The van der Waals surface area contributed by atoms with Gasteiger partial charge in [-0.05, 0) is 55.2 Å². The van der Waals surface area contributed by atoms with Gasteiger partial charge in [0.1, 0.15) is 5.56 Å². The molecule has 1 atom stereocenters. The fraction of sp³-hybridized carbons (Fsp3) is 0.391. The molecular formula is C23H24N6O5S. The quantitative estimate of drug-likeness (QED) is 0.366. The molecule has 2 fully saturated rings. The molecule has 0 saturated carbocycles. The normalized spacial score (nSPS) is 21.3. The van der Waals surface area contributed by atoms with Crippen LogP contribution in [0, 0.1) is 10.2 Å². The fourth-order valence-electron chi connectivity index (χ4n) is 5.47. The second-order valence-electron chi connectivity index (χ2n) is 9.14. The van der Waals surface area contributed by atoms with Crippen LogP contribution in [0.25, 0.3) is 0 Å². The largest absolute Gasteiger partial charge is 0.494 e. The predicted molar refractivity (Wildman–Crippen MR) is 130 cm³/mol. The average molecular weight is 497 g/mol. The van der Waals surface area contributed by atoms with E-state index in [0.29, 0.717) is 18.7 Å². The van der Waals surface area contributed by atoms with Gasteiger partial charge in [-0.25, -0.2) is 4.79 Å². The number of imide groups is 2. The first-order chi connectivity index (χ1) is 16.6. The van der Waals surface area contributed by atoms with Gasteiger partial charge in [0.25, 0.3) is 5.56 Å². The van der Waals surface area contributed by atoms with E-state index in [4.69, 9.17) is 12.2 Å². The predicted octanol–water partition coefficient (Wildman–Crippen LogP) is 1.46. The van der Waals surface area contributed by atoms with Crippen LogP contribution in [0.1, 0.15) is 24.0 Å². The second kappa shape index (κ2) is 7.87. The minimum atomic E-state index is -1.40. The van der Waals surface area contributed by atoms with Crippen molar-refractivity contribution in [2.75, 3.05) is 25.5 Å². The molecule has 2 N–H and O–H groups in total. The first-order valence-corrected chi connectivity index (χ1v) is 11.5. The third-order valence-electron chi connectivity index (χ3n) is 7.28. The van der Waals surface area contributed by atoms with Crippen molar-refractivity contribution in [2.45, 2.75) is 25.3 Å². The summed E-state index contributed by atoms with van der Waals surface area (Å²) >= 11 is 4.99. The molecule has 5 rings (SSSR count). The summed E-state index contributed by atoms with van der Waals surface area (Å²) in [7, 11) is 4.33. The number of rotatable bonds is 2. The highest BCUT2D eigenvalue weighted by Crippen LogP contribution is 2.49. The maximum Gasteiger partial charge on any atom is 0.332 e. The van der Waals surface area contributed by atoms with Crippen molar-refractivity contribution >= 4 is 47.7 Å². The van der Waals surface area contributed by atoms with Gasteiger partial charge in [0, 0.05) is 39.6 Å². The Morgan fingerprint density at radius 2 is 1.83 bits per heavy atom. The van der Waals surface area contributed by atoms with Crippen LogP contribution in [0.5, 0.6) is 5.88 Å². The second-order valence-corrected chi connectivity index (χ2v) is 9.52. The number of aliphatic imine (C=N–C) groups is 1. The van der Waals surface area contributed by atoms with Gasteiger partial charge in [-0.1, -0.05) is 0 Å². The first kappa shape index (κ1) is 23.0. The number of carbonyl (C=O) groups excluding carboxylic acids is 3. The molecule has 1 spiro atoms. The Morgan fingerprint density at radius 3 is 2.51 bits per heavy atom. The number of nitrogens with zero attached hydrogens (tertiary/aromatic N) is 5. The van der Waals surface area contributed by atoms with Gasteiger partial charge in [0.2, 0.25) is 17.7 Å². The molecule has 0 aliphatic carbocycles. The van der Waals surface area contributed by atoms with Crippen molar-refractivity contribution < 1.29 is 19.5 Å². The van der Waals surface area contributed by atoms with Crippen molar-refractivity contribution in [3.63, 3.8) is 0 Å². The van der Waals surface area contributed by atoms with Gasteiger partial charge < -0.3 is 10.0 Å². The summed E-state index contributed by atoms with van der Waals surface area (Å²) < 4.78 is 1.34. The molecule has 2 saturated heterocycles. The number of carbonyl (C=O) groups is 3. The Labute approximate surface area is 205 Å². The van der Waals surface area contributed by atoms with Crippen molar-refractivity contribution in [2.24, 2.45) is 17.5 Å². The summed E-state index contributed by atoms with van der Waals surface area (Å²) in [4.78, 5) is 62.6. The van der Waals surface area contributed by atoms with Gasteiger partial charge >= 0.3 is 6.03 Å². The molecule has 0 radical (unpaired) electrons. The molecule has 11 nitrogen and oxygen atoms in total. The minimum absolute atomic E-state index is 0.0469. The summed E-state index contributed by atoms with van der Waals surface area (Å²) in [6.45, 7) is 0.692. The molecule has 2 aromatic rings. The SMILES string of the molecule is CN1C(=O)N(C)C(=O)C2(Cc3cc(N=Cc4c(O)n(C)c(=S)[nH]c4=O)ccc3N3CCC[C@H]32)C1=O. The van der Waals surface area contributed by atoms with E-state index in [9.17, 15) is 24.3 Å². The molecule has 1 aromatic carbocycles. The maximum absolute atomic E-state index is 13.5. The van der Waals surface area contributed by atoms with Crippen molar-refractivity contribution in [3.05, 3.63) is 44.5 Å². The lowest BCUT2D eigenvalue weighted by Gasteiger charge is -2.50. The Morgan fingerprint density at radius 1 is 1.14 bits per heavy atom. The molecule has 3 aliphatic rings. The first-order valence-electron chi connectivity index (χ1n) is 11.1. The molecule has 0 bridgehead atoms. The number of amides is 4. The molecule has 35 heavy (non-hydrogen) atoms. The van der Waals surface area contributed by atoms with Gasteiger partial charge in [0.15, 0.2) is 10.2 Å². The fourth-order valence-corrected chi connectivity index (χ4v) is 5.65. The van der Waals surface area contributed by atoms with E-state index in [1.54, 1.807) is 12.1 Å². The highest BCUT2D eigenvalue weighted by atomic mass is 32.1. The molecule has 1 aromatic heterocycles. The van der Waals surface area contributed by atoms with Crippen LogP contribution in [0.15, 0.2) is 28.0 Å². The maximum atomic E-state index is 13.5. The zero-order chi connectivity index (χ0) is 25.2. The number of H-pyrrole nitrogens is 1. The number of hydrogen-bond donors (Lipinski definition) is 2. The lowest BCUT2D eigenvalue weighted by molar-refractivity contribution is -0.159. The summed E-state index contributed by atoms with van der Waals surface area (Å²) in [5, 5.41) is 10.3. The molecule has 182 valence electrons. The Hall–Kier alpha value is -3.80.